The molecule has 3 heterocycles. The molecule has 0 saturated carbocycles. The molecule has 3 aromatic heterocycles. The molecule has 0 fully saturated rings. The Morgan fingerprint density at radius 2 is 1.82 bits per heavy atom. The summed E-state index contributed by atoms with van der Waals surface area (Å²) < 4.78 is 10.2. The van der Waals surface area contributed by atoms with Crippen LogP contribution in [-0.4, -0.2) is 25.8 Å². The molecule has 0 atom stereocenters. The average Bonchev–Trinajstić information content (AvgIpc) is 3.58. The molecule has 0 saturated heterocycles. The maximum absolute atomic E-state index is 13.4. The van der Waals surface area contributed by atoms with Gasteiger partial charge in [-0.1, -0.05) is 55.5 Å². The number of rotatable bonds is 7. The molecule has 0 radical (unpaired) electrons. The molecule has 190 valence electrons. The van der Waals surface area contributed by atoms with Gasteiger partial charge in [-0.3, -0.25) is 4.79 Å². The van der Waals surface area contributed by atoms with Crippen LogP contribution >= 0.6 is 11.3 Å². The van der Waals surface area contributed by atoms with Gasteiger partial charge in [-0.2, -0.15) is 5.10 Å². The van der Waals surface area contributed by atoms with E-state index >= 15 is 0 Å². The zero-order valence-corrected chi connectivity index (χ0v) is 22.4. The van der Waals surface area contributed by atoms with Gasteiger partial charge >= 0.3 is 0 Å². The number of aromatic nitrogens is 4. The Morgan fingerprint density at radius 3 is 2.61 bits per heavy atom. The lowest BCUT2D eigenvalue weighted by Gasteiger charge is -2.11. The Bertz CT molecular complexity index is 1870. The summed E-state index contributed by atoms with van der Waals surface area (Å²) >= 11 is 1.40. The van der Waals surface area contributed by atoms with Crippen molar-refractivity contribution in [3.05, 3.63) is 105 Å². The van der Waals surface area contributed by atoms with Crippen LogP contribution in [0.4, 0.5) is 0 Å². The highest BCUT2D eigenvalue weighted by Gasteiger charge is 2.15. The lowest BCUT2D eigenvalue weighted by molar-refractivity contribution is 0.288. The smallest absolute Gasteiger partial charge is 0.274 e. The molecule has 6 rings (SSSR count). The van der Waals surface area contributed by atoms with Crippen LogP contribution in [0.1, 0.15) is 31.4 Å². The van der Waals surface area contributed by atoms with Gasteiger partial charge in [0.25, 0.3) is 5.56 Å². The molecule has 7 heteroatoms. The van der Waals surface area contributed by atoms with Crippen LogP contribution < -0.4 is 14.8 Å². The molecule has 0 aliphatic carbocycles. The van der Waals surface area contributed by atoms with Crippen LogP contribution in [0, 0.1) is 12.8 Å². The van der Waals surface area contributed by atoms with E-state index in [2.05, 4.69) is 31.8 Å². The highest BCUT2D eigenvalue weighted by molar-refractivity contribution is 7.15. The van der Waals surface area contributed by atoms with E-state index < -0.39 is 0 Å². The van der Waals surface area contributed by atoms with Crippen molar-refractivity contribution in [2.75, 3.05) is 6.61 Å². The number of hydrogen-bond donors (Lipinski definition) is 0. The monoisotopic (exact) mass is 520 g/mol. The largest absolute Gasteiger partial charge is 0.493 e. The van der Waals surface area contributed by atoms with Crippen molar-refractivity contribution >= 4 is 33.4 Å². The number of nitrogens with zero attached hydrogens (tertiary/aromatic N) is 4. The van der Waals surface area contributed by atoms with Gasteiger partial charge in [-0.15, -0.1) is 0 Å². The minimum Gasteiger partial charge on any atom is -0.493 e. The standard InChI is InChI=1S/C31H28N4O2S/c1-20(2)15-16-37-27-14-13-22(17-21(27)3)29-23(19-34(33-29)24-9-5-4-6-10-24)18-28-30(36)35-26-12-8-7-11-25(26)32-31(35)38-28/h4-14,17-20H,15-16H2,1-3H3. The van der Waals surface area contributed by atoms with Crippen LogP contribution in [0.3, 0.4) is 0 Å². The Balaban J connectivity index is 1.46. The Hall–Kier alpha value is -4.23. The van der Waals surface area contributed by atoms with E-state index in [0.29, 0.717) is 22.0 Å². The summed E-state index contributed by atoms with van der Waals surface area (Å²) in [4.78, 5) is 18.8. The fourth-order valence-electron chi connectivity index (χ4n) is 4.55. The summed E-state index contributed by atoms with van der Waals surface area (Å²) in [5, 5.41) is 4.95. The van der Waals surface area contributed by atoms with Crippen molar-refractivity contribution in [1.29, 1.82) is 0 Å². The van der Waals surface area contributed by atoms with Crippen LogP contribution in [0.5, 0.6) is 5.75 Å². The zero-order chi connectivity index (χ0) is 26.2. The molecular formula is C31H28N4O2S. The van der Waals surface area contributed by atoms with Crippen LogP contribution in [0.25, 0.3) is 39.0 Å². The van der Waals surface area contributed by atoms with E-state index in [1.807, 2.05) is 83.7 Å². The number of thiazole rings is 1. The molecule has 0 amide bonds. The predicted molar refractivity (Wildman–Crippen MR) is 154 cm³/mol. The second-order valence-electron chi connectivity index (χ2n) is 9.86. The second-order valence-corrected chi connectivity index (χ2v) is 10.9. The number of hydrogen-bond acceptors (Lipinski definition) is 5. The number of benzene rings is 3. The molecule has 6 nitrogen and oxygen atoms in total. The van der Waals surface area contributed by atoms with Crippen molar-refractivity contribution in [2.45, 2.75) is 27.2 Å². The van der Waals surface area contributed by atoms with E-state index in [4.69, 9.17) is 9.84 Å². The quantitative estimate of drug-likeness (QED) is 0.257. The summed E-state index contributed by atoms with van der Waals surface area (Å²) in [6.45, 7) is 7.14. The third-order valence-corrected chi connectivity index (χ3v) is 7.56. The normalized spacial score (nSPS) is 12.3. The van der Waals surface area contributed by atoms with Crippen LogP contribution in [0.2, 0.25) is 0 Å². The zero-order valence-electron chi connectivity index (χ0n) is 21.6. The first-order chi connectivity index (χ1) is 18.5. The van der Waals surface area contributed by atoms with Crippen molar-refractivity contribution < 1.29 is 4.74 Å². The highest BCUT2D eigenvalue weighted by atomic mass is 32.1. The molecule has 0 spiro atoms. The van der Waals surface area contributed by atoms with E-state index in [0.717, 1.165) is 51.3 Å². The van der Waals surface area contributed by atoms with Gasteiger partial charge in [0.15, 0.2) is 4.96 Å². The lowest BCUT2D eigenvalue weighted by atomic mass is 10.0. The molecule has 0 aliphatic heterocycles. The average molecular weight is 521 g/mol. The minimum absolute atomic E-state index is 0.0674. The van der Waals surface area contributed by atoms with E-state index in [1.54, 1.807) is 4.40 Å². The molecule has 0 unspecified atom stereocenters. The summed E-state index contributed by atoms with van der Waals surface area (Å²) in [6.07, 6.45) is 4.92. The Kier molecular flexibility index (Phi) is 6.29. The summed E-state index contributed by atoms with van der Waals surface area (Å²) in [6, 6.07) is 23.9. The molecule has 38 heavy (non-hydrogen) atoms. The molecule has 6 aromatic rings. The number of fused-ring (bicyclic) bond motifs is 3. The van der Waals surface area contributed by atoms with Gasteiger partial charge in [-0.05, 0) is 73.4 Å². The third kappa shape index (κ3) is 4.50. The van der Waals surface area contributed by atoms with Gasteiger partial charge in [0.2, 0.25) is 0 Å². The van der Waals surface area contributed by atoms with Gasteiger partial charge in [0, 0.05) is 17.3 Å². The molecule has 0 N–H and O–H groups in total. The molecule has 0 bridgehead atoms. The number of ether oxygens (including phenoxy) is 1. The molecular weight excluding hydrogens is 492 g/mol. The number of para-hydroxylation sites is 3. The first kappa shape index (κ1) is 24.1. The van der Waals surface area contributed by atoms with Crippen LogP contribution in [-0.2, 0) is 0 Å². The summed E-state index contributed by atoms with van der Waals surface area (Å²) in [7, 11) is 0. The number of imidazole rings is 1. The maximum Gasteiger partial charge on any atom is 0.274 e. The van der Waals surface area contributed by atoms with Gasteiger partial charge < -0.3 is 4.74 Å². The summed E-state index contributed by atoms with van der Waals surface area (Å²) in [5.74, 6) is 1.48. The SMILES string of the molecule is Cc1cc(-c2nn(-c3ccccc3)cc2C=c2sc3nc4ccccc4n3c2=O)ccc1OCCC(C)C. The lowest BCUT2D eigenvalue weighted by Crippen LogP contribution is -2.22. The number of aryl methyl sites for hydroxylation is 1. The van der Waals surface area contributed by atoms with Gasteiger partial charge in [0.05, 0.1) is 27.9 Å². The van der Waals surface area contributed by atoms with Gasteiger partial charge in [-0.25, -0.2) is 14.1 Å². The first-order valence-electron chi connectivity index (χ1n) is 12.8. The van der Waals surface area contributed by atoms with Crippen molar-refractivity contribution in [1.82, 2.24) is 19.2 Å². The van der Waals surface area contributed by atoms with Crippen LogP contribution in [0.15, 0.2) is 83.8 Å². The third-order valence-electron chi connectivity index (χ3n) is 6.60. The fourth-order valence-corrected chi connectivity index (χ4v) is 5.52. The van der Waals surface area contributed by atoms with E-state index in [-0.39, 0.29) is 5.56 Å². The molecule has 3 aromatic carbocycles. The minimum atomic E-state index is -0.0674. The Labute approximate surface area is 224 Å². The van der Waals surface area contributed by atoms with Crippen molar-refractivity contribution in [2.24, 2.45) is 5.92 Å². The van der Waals surface area contributed by atoms with E-state index in [1.165, 1.54) is 11.3 Å². The fraction of sp³-hybridized carbons (Fsp3) is 0.194. The van der Waals surface area contributed by atoms with E-state index in [9.17, 15) is 4.79 Å². The highest BCUT2D eigenvalue weighted by Crippen LogP contribution is 2.29. The van der Waals surface area contributed by atoms with Crippen molar-refractivity contribution in [3.63, 3.8) is 0 Å². The summed E-state index contributed by atoms with van der Waals surface area (Å²) in [5.41, 5.74) is 6.23. The van der Waals surface area contributed by atoms with Gasteiger partial charge in [0.1, 0.15) is 11.4 Å². The second kappa shape index (κ2) is 9.91. The maximum atomic E-state index is 13.4. The first-order valence-corrected chi connectivity index (χ1v) is 13.6. The molecule has 0 aliphatic rings. The Morgan fingerprint density at radius 1 is 1.03 bits per heavy atom. The predicted octanol–water partition coefficient (Wildman–Crippen LogP) is 6.04. The van der Waals surface area contributed by atoms with Crippen molar-refractivity contribution in [3.8, 4) is 22.7 Å². The topological polar surface area (TPSA) is 61.4 Å².